The lowest BCUT2D eigenvalue weighted by Gasteiger charge is -2.32. The van der Waals surface area contributed by atoms with Gasteiger partial charge in [0.1, 0.15) is 0 Å². The molecule has 1 atom stereocenters. The zero-order valence-electron chi connectivity index (χ0n) is 11.0. The summed E-state index contributed by atoms with van der Waals surface area (Å²) in [7, 11) is 0. The topological polar surface area (TPSA) is 20.2 Å². The van der Waals surface area contributed by atoms with Crippen LogP contribution >= 0.6 is 0 Å². The molecule has 0 aromatic heterocycles. The smallest absolute Gasteiger partial charge is 0.0728 e. The van der Waals surface area contributed by atoms with Gasteiger partial charge in [0.15, 0.2) is 0 Å². The third-order valence-corrected chi connectivity index (χ3v) is 3.57. The molecule has 0 spiro atoms. The van der Waals surface area contributed by atoms with Crippen LogP contribution < -0.4 is 0 Å². The predicted octanol–water partition coefficient (Wildman–Crippen LogP) is 3.64. The van der Waals surface area contributed by atoms with Crippen LogP contribution in [-0.4, -0.2) is 11.2 Å². The largest absolute Gasteiger partial charge is 0.389 e. The molecular weight excluding hydrogens is 208 g/mol. The van der Waals surface area contributed by atoms with Gasteiger partial charge >= 0.3 is 0 Å². The number of aryl methyl sites for hydroxylation is 1. The standard InChI is InChI=1S/C16H22O/c1-12-6-4-5-7-14(12)8-13-9-15(17)11-16(2,3)10-13/h4-7,9,15,17H,8,10-11H2,1-3H3. The molecule has 2 rings (SSSR count). The van der Waals surface area contributed by atoms with Gasteiger partial charge in [-0.2, -0.15) is 0 Å². The van der Waals surface area contributed by atoms with Crippen molar-refractivity contribution in [1.29, 1.82) is 0 Å². The van der Waals surface area contributed by atoms with Crippen molar-refractivity contribution < 1.29 is 5.11 Å². The van der Waals surface area contributed by atoms with E-state index in [0.717, 1.165) is 19.3 Å². The van der Waals surface area contributed by atoms with Crippen LogP contribution in [0.3, 0.4) is 0 Å². The highest BCUT2D eigenvalue weighted by atomic mass is 16.3. The van der Waals surface area contributed by atoms with Crippen molar-refractivity contribution in [2.24, 2.45) is 5.41 Å². The highest BCUT2D eigenvalue weighted by Crippen LogP contribution is 2.36. The van der Waals surface area contributed by atoms with Gasteiger partial charge in [-0.25, -0.2) is 0 Å². The molecule has 1 N–H and O–H groups in total. The van der Waals surface area contributed by atoms with Crippen LogP contribution in [0.2, 0.25) is 0 Å². The molecule has 0 heterocycles. The van der Waals surface area contributed by atoms with Crippen LogP contribution in [0.4, 0.5) is 0 Å². The molecule has 1 aliphatic carbocycles. The molecule has 0 saturated heterocycles. The number of aliphatic hydroxyl groups is 1. The lowest BCUT2D eigenvalue weighted by Crippen LogP contribution is -2.25. The Balaban J connectivity index is 2.17. The predicted molar refractivity (Wildman–Crippen MR) is 72.0 cm³/mol. The zero-order valence-corrected chi connectivity index (χ0v) is 11.0. The van der Waals surface area contributed by atoms with Gasteiger partial charge in [0.2, 0.25) is 0 Å². The summed E-state index contributed by atoms with van der Waals surface area (Å²) in [6, 6.07) is 8.50. The van der Waals surface area contributed by atoms with Crippen LogP contribution in [0, 0.1) is 12.3 Å². The van der Waals surface area contributed by atoms with E-state index in [4.69, 9.17) is 0 Å². The Hall–Kier alpha value is -1.08. The van der Waals surface area contributed by atoms with E-state index >= 15 is 0 Å². The first-order valence-electron chi connectivity index (χ1n) is 6.38. The number of aliphatic hydroxyl groups excluding tert-OH is 1. The molecule has 17 heavy (non-hydrogen) atoms. The Morgan fingerprint density at radius 3 is 2.65 bits per heavy atom. The Morgan fingerprint density at radius 1 is 1.29 bits per heavy atom. The number of rotatable bonds is 2. The van der Waals surface area contributed by atoms with E-state index in [-0.39, 0.29) is 11.5 Å². The Bertz CT molecular complexity index is 429. The third-order valence-electron chi connectivity index (χ3n) is 3.57. The van der Waals surface area contributed by atoms with Crippen molar-refractivity contribution in [2.45, 2.75) is 46.1 Å². The minimum atomic E-state index is -0.266. The molecule has 0 saturated carbocycles. The SMILES string of the molecule is Cc1ccccc1CC1=CC(O)CC(C)(C)C1. The molecule has 0 aliphatic heterocycles. The maximum atomic E-state index is 9.89. The van der Waals surface area contributed by atoms with Crippen molar-refractivity contribution in [1.82, 2.24) is 0 Å². The van der Waals surface area contributed by atoms with Crippen LogP contribution in [0.15, 0.2) is 35.9 Å². The molecule has 1 aliphatic rings. The summed E-state index contributed by atoms with van der Waals surface area (Å²) in [5.74, 6) is 0. The van der Waals surface area contributed by atoms with Gasteiger partial charge < -0.3 is 5.11 Å². The number of benzene rings is 1. The fourth-order valence-electron chi connectivity index (χ4n) is 2.82. The van der Waals surface area contributed by atoms with E-state index in [1.54, 1.807) is 0 Å². The van der Waals surface area contributed by atoms with Crippen molar-refractivity contribution in [3.63, 3.8) is 0 Å². The molecule has 0 amide bonds. The quantitative estimate of drug-likeness (QED) is 0.769. The maximum Gasteiger partial charge on any atom is 0.0728 e. The molecule has 0 radical (unpaired) electrons. The Morgan fingerprint density at radius 2 is 2.00 bits per heavy atom. The molecule has 0 fully saturated rings. The number of hydrogen-bond donors (Lipinski definition) is 1. The minimum absolute atomic E-state index is 0.228. The van der Waals surface area contributed by atoms with Gasteiger partial charge in [-0.15, -0.1) is 0 Å². The van der Waals surface area contributed by atoms with Crippen LogP contribution in [-0.2, 0) is 6.42 Å². The molecule has 1 aromatic carbocycles. The average Bonchev–Trinajstić information content (AvgIpc) is 2.18. The number of allylic oxidation sites excluding steroid dienone is 1. The van der Waals surface area contributed by atoms with Gasteiger partial charge in [-0.3, -0.25) is 0 Å². The van der Waals surface area contributed by atoms with E-state index in [1.807, 2.05) is 0 Å². The summed E-state index contributed by atoms with van der Waals surface area (Å²) >= 11 is 0. The highest BCUT2D eigenvalue weighted by molar-refractivity contribution is 5.31. The Kier molecular flexibility index (Phi) is 3.39. The Labute approximate surface area is 104 Å². The van der Waals surface area contributed by atoms with E-state index in [9.17, 15) is 5.11 Å². The molecule has 1 unspecified atom stereocenters. The summed E-state index contributed by atoms with van der Waals surface area (Å²) < 4.78 is 0. The van der Waals surface area contributed by atoms with Crippen molar-refractivity contribution in [2.75, 3.05) is 0 Å². The maximum absolute atomic E-state index is 9.89. The van der Waals surface area contributed by atoms with Gasteiger partial charge in [-0.05, 0) is 42.7 Å². The lowest BCUT2D eigenvalue weighted by atomic mass is 9.75. The van der Waals surface area contributed by atoms with Crippen LogP contribution in [0.1, 0.15) is 37.8 Å². The van der Waals surface area contributed by atoms with E-state index in [2.05, 4.69) is 51.1 Å². The van der Waals surface area contributed by atoms with Gasteiger partial charge in [0, 0.05) is 0 Å². The number of hydrogen-bond acceptors (Lipinski definition) is 1. The fraction of sp³-hybridized carbons (Fsp3) is 0.500. The summed E-state index contributed by atoms with van der Waals surface area (Å²) in [5.41, 5.74) is 4.32. The van der Waals surface area contributed by atoms with E-state index < -0.39 is 0 Å². The second-order valence-electron chi connectivity index (χ2n) is 6.04. The van der Waals surface area contributed by atoms with Gasteiger partial charge in [-0.1, -0.05) is 49.8 Å². The molecular formula is C16H22O. The summed E-state index contributed by atoms with van der Waals surface area (Å²) in [5, 5.41) is 9.89. The fourth-order valence-corrected chi connectivity index (χ4v) is 2.82. The monoisotopic (exact) mass is 230 g/mol. The molecule has 1 nitrogen and oxygen atoms in total. The second kappa shape index (κ2) is 4.66. The lowest BCUT2D eigenvalue weighted by molar-refractivity contribution is 0.138. The van der Waals surface area contributed by atoms with E-state index in [1.165, 1.54) is 16.7 Å². The molecule has 0 bridgehead atoms. The first-order valence-corrected chi connectivity index (χ1v) is 6.38. The summed E-state index contributed by atoms with van der Waals surface area (Å²) in [6.07, 6.45) is 4.74. The molecule has 1 aromatic rings. The summed E-state index contributed by atoms with van der Waals surface area (Å²) in [4.78, 5) is 0. The van der Waals surface area contributed by atoms with Crippen LogP contribution in [0.25, 0.3) is 0 Å². The third kappa shape index (κ3) is 3.19. The van der Waals surface area contributed by atoms with Crippen LogP contribution in [0.5, 0.6) is 0 Å². The summed E-state index contributed by atoms with van der Waals surface area (Å²) in [6.45, 7) is 6.63. The first-order chi connectivity index (χ1) is 7.96. The van der Waals surface area contributed by atoms with Crippen molar-refractivity contribution in [3.05, 3.63) is 47.0 Å². The van der Waals surface area contributed by atoms with Crippen molar-refractivity contribution >= 4 is 0 Å². The van der Waals surface area contributed by atoms with Gasteiger partial charge in [0.25, 0.3) is 0 Å². The zero-order chi connectivity index (χ0) is 12.5. The van der Waals surface area contributed by atoms with Crippen molar-refractivity contribution in [3.8, 4) is 0 Å². The normalized spacial score (nSPS) is 23.3. The van der Waals surface area contributed by atoms with Gasteiger partial charge in [0.05, 0.1) is 6.10 Å². The van der Waals surface area contributed by atoms with E-state index in [0.29, 0.717) is 0 Å². The molecule has 1 heteroatoms. The average molecular weight is 230 g/mol. The second-order valence-corrected chi connectivity index (χ2v) is 6.04. The molecule has 92 valence electrons. The minimum Gasteiger partial charge on any atom is -0.389 e. The first kappa shape index (κ1) is 12.4. The highest BCUT2D eigenvalue weighted by Gasteiger charge is 2.27.